The molecule has 0 saturated carbocycles. The van der Waals surface area contributed by atoms with Gasteiger partial charge in [-0.2, -0.15) is 0 Å². The molecule has 1 aromatic heterocycles. The Morgan fingerprint density at radius 2 is 2.09 bits per heavy atom. The first-order chi connectivity index (χ1) is 10.7. The lowest BCUT2D eigenvalue weighted by Gasteiger charge is -2.19. The Hall–Kier alpha value is -2.69. The van der Waals surface area contributed by atoms with Crippen LogP contribution in [0.5, 0.6) is 0 Å². The van der Waals surface area contributed by atoms with Gasteiger partial charge < -0.3 is 9.47 Å². The molecule has 0 bridgehead atoms. The van der Waals surface area contributed by atoms with Crippen LogP contribution >= 0.6 is 0 Å². The minimum absolute atomic E-state index is 0.0470. The van der Waals surface area contributed by atoms with E-state index in [9.17, 15) is 9.59 Å². The normalized spacial score (nSPS) is 13.2. The molecule has 0 atom stereocenters. The molecule has 1 aliphatic heterocycles. The molecule has 0 fully saturated rings. The topological polar surface area (TPSA) is 65.5 Å². The standard InChI is InChI=1S/C17H15NO4/c1-21-15(19)10-14-16-12(7-8-22-17(16)20)9-13(18-14)11-5-3-2-4-6-11/h2-6,9H,7-8,10H2,1H3. The van der Waals surface area contributed by atoms with E-state index in [1.807, 2.05) is 36.4 Å². The number of nitrogens with zero attached hydrogens (tertiary/aromatic N) is 1. The number of pyridine rings is 1. The number of hydrogen-bond acceptors (Lipinski definition) is 5. The van der Waals surface area contributed by atoms with Crippen molar-refractivity contribution in [2.24, 2.45) is 0 Å². The van der Waals surface area contributed by atoms with E-state index in [1.54, 1.807) is 0 Å². The Labute approximate surface area is 127 Å². The highest BCUT2D eigenvalue weighted by molar-refractivity contribution is 5.95. The molecule has 1 aromatic carbocycles. The van der Waals surface area contributed by atoms with Crippen molar-refractivity contribution in [2.45, 2.75) is 12.8 Å². The van der Waals surface area contributed by atoms with Crippen LogP contribution in [0.25, 0.3) is 11.3 Å². The number of cyclic esters (lactones) is 1. The fourth-order valence-corrected chi connectivity index (χ4v) is 2.52. The molecule has 3 rings (SSSR count). The number of methoxy groups -OCH3 is 1. The SMILES string of the molecule is COC(=O)Cc1nc(-c2ccccc2)cc2c1C(=O)OCC2. The molecule has 0 saturated heterocycles. The Morgan fingerprint density at radius 1 is 1.32 bits per heavy atom. The number of carbonyl (C=O) groups is 2. The van der Waals surface area contributed by atoms with Crippen molar-refractivity contribution in [3.63, 3.8) is 0 Å². The quantitative estimate of drug-likeness (QED) is 0.812. The van der Waals surface area contributed by atoms with E-state index in [1.165, 1.54) is 7.11 Å². The summed E-state index contributed by atoms with van der Waals surface area (Å²) < 4.78 is 9.77. The van der Waals surface area contributed by atoms with E-state index in [-0.39, 0.29) is 6.42 Å². The zero-order valence-electron chi connectivity index (χ0n) is 12.2. The maximum Gasteiger partial charge on any atom is 0.340 e. The molecule has 5 nitrogen and oxygen atoms in total. The fourth-order valence-electron chi connectivity index (χ4n) is 2.52. The second-order valence-corrected chi connectivity index (χ2v) is 4.99. The van der Waals surface area contributed by atoms with Crippen molar-refractivity contribution in [1.82, 2.24) is 4.98 Å². The van der Waals surface area contributed by atoms with Gasteiger partial charge in [0.2, 0.25) is 0 Å². The van der Waals surface area contributed by atoms with Crippen molar-refractivity contribution < 1.29 is 19.1 Å². The van der Waals surface area contributed by atoms with Crippen molar-refractivity contribution in [1.29, 1.82) is 0 Å². The summed E-state index contributed by atoms with van der Waals surface area (Å²) in [4.78, 5) is 28.1. The molecule has 112 valence electrons. The average Bonchev–Trinajstić information content (AvgIpc) is 2.55. The first-order valence-electron chi connectivity index (χ1n) is 7.01. The van der Waals surface area contributed by atoms with Crippen LogP contribution in [0.3, 0.4) is 0 Å². The lowest BCUT2D eigenvalue weighted by atomic mass is 9.97. The first kappa shape index (κ1) is 14.3. The first-order valence-corrected chi connectivity index (χ1v) is 7.01. The average molecular weight is 297 g/mol. The lowest BCUT2D eigenvalue weighted by Crippen LogP contribution is -2.22. The molecule has 0 radical (unpaired) electrons. The second kappa shape index (κ2) is 5.97. The number of esters is 2. The van der Waals surface area contributed by atoms with Gasteiger partial charge in [0.15, 0.2) is 0 Å². The van der Waals surface area contributed by atoms with Gasteiger partial charge in [0.1, 0.15) is 0 Å². The van der Waals surface area contributed by atoms with E-state index >= 15 is 0 Å². The molecule has 22 heavy (non-hydrogen) atoms. The summed E-state index contributed by atoms with van der Waals surface area (Å²) in [5.41, 5.74) is 3.36. The van der Waals surface area contributed by atoms with Gasteiger partial charge in [-0.3, -0.25) is 9.78 Å². The fraction of sp³-hybridized carbons (Fsp3) is 0.235. The number of fused-ring (bicyclic) bond motifs is 1. The minimum Gasteiger partial charge on any atom is -0.469 e. The number of carbonyl (C=O) groups excluding carboxylic acids is 2. The van der Waals surface area contributed by atoms with Gasteiger partial charge >= 0.3 is 11.9 Å². The van der Waals surface area contributed by atoms with Crippen LogP contribution in [0.15, 0.2) is 36.4 Å². The van der Waals surface area contributed by atoms with Gasteiger partial charge in [0.05, 0.1) is 37.1 Å². The Kier molecular flexibility index (Phi) is 3.87. The van der Waals surface area contributed by atoms with Crippen molar-refractivity contribution in [2.75, 3.05) is 13.7 Å². The maximum atomic E-state index is 12.0. The highest BCUT2D eigenvalue weighted by Gasteiger charge is 2.26. The van der Waals surface area contributed by atoms with E-state index in [0.29, 0.717) is 24.3 Å². The summed E-state index contributed by atoms with van der Waals surface area (Å²) in [6.07, 6.45) is 0.576. The summed E-state index contributed by atoms with van der Waals surface area (Å²) in [6.45, 7) is 0.349. The Bertz CT molecular complexity index is 725. The number of hydrogen-bond donors (Lipinski definition) is 0. The lowest BCUT2D eigenvalue weighted by molar-refractivity contribution is -0.139. The molecule has 0 spiro atoms. The zero-order chi connectivity index (χ0) is 15.5. The Morgan fingerprint density at radius 3 is 2.82 bits per heavy atom. The number of benzene rings is 1. The molecule has 0 aliphatic carbocycles. The zero-order valence-corrected chi connectivity index (χ0v) is 12.2. The predicted molar refractivity (Wildman–Crippen MR) is 79.4 cm³/mol. The number of rotatable bonds is 3. The molecule has 1 aliphatic rings. The van der Waals surface area contributed by atoms with Crippen LogP contribution in [0, 0.1) is 0 Å². The van der Waals surface area contributed by atoms with E-state index in [4.69, 9.17) is 9.47 Å². The molecule has 2 aromatic rings. The predicted octanol–water partition coefficient (Wildman–Crippen LogP) is 2.18. The third-order valence-corrected chi connectivity index (χ3v) is 3.59. The monoisotopic (exact) mass is 297 g/mol. The molecular weight excluding hydrogens is 282 g/mol. The largest absolute Gasteiger partial charge is 0.469 e. The van der Waals surface area contributed by atoms with Gasteiger partial charge in [-0.25, -0.2) is 4.79 Å². The third-order valence-electron chi connectivity index (χ3n) is 3.59. The van der Waals surface area contributed by atoms with Crippen molar-refractivity contribution in [3.8, 4) is 11.3 Å². The summed E-state index contributed by atoms with van der Waals surface area (Å²) in [6, 6.07) is 11.5. The highest BCUT2D eigenvalue weighted by atomic mass is 16.5. The van der Waals surface area contributed by atoms with Crippen LogP contribution in [-0.4, -0.2) is 30.6 Å². The van der Waals surface area contributed by atoms with E-state index in [2.05, 4.69) is 4.98 Å². The van der Waals surface area contributed by atoms with E-state index in [0.717, 1.165) is 16.8 Å². The van der Waals surface area contributed by atoms with Crippen LogP contribution in [0.1, 0.15) is 21.6 Å². The van der Waals surface area contributed by atoms with Crippen molar-refractivity contribution >= 4 is 11.9 Å². The van der Waals surface area contributed by atoms with Gasteiger partial charge in [0.25, 0.3) is 0 Å². The highest BCUT2D eigenvalue weighted by Crippen LogP contribution is 2.26. The molecule has 0 amide bonds. The van der Waals surface area contributed by atoms with Gasteiger partial charge in [-0.15, -0.1) is 0 Å². The van der Waals surface area contributed by atoms with Crippen LogP contribution in [0.4, 0.5) is 0 Å². The van der Waals surface area contributed by atoms with Gasteiger partial charge in [0, 0.05) is 12.0 Å². The Balaban J connectivity index is 2.13. The molecule has 0 N–H and O–H groups in total. The summed E-state index contributed by atoms with van der Waals surface area (Å²) in [5.74, 6) is -0.856. The smallest absolute Gasteiger partial charge is 0.340 e. The molecule has 0 unspecified atom stereocenters. The minimum atomic E-state index is -0.432. The summed E-state index contributed by atoms with van der Waals surface area (Å²) in [5, 5.41) is 0. The van der Waals surface area contributed by atoms with Crippen LogP contribution in [-0.2, 0) is 27.1 Å². The molecule has 2 heterocycles. The summed E-state index contributed by atoms with van der Waals surface area (Å²) in [7, 11) is 1.31. The van der Waals surface area contributed by atoms with Gasteiger partial charge in [-0.05, 0) is 11.6 Å². The van der Waals surface area contributed by atoms with E-state index < -0.39 is 11.9 Å². The second-order valence-electron chi connectivity index (χ2n) is 4.99. The summed E-state index contributed by atoms with van der Waals surface area (Å²) >= 11 is 0. The molecule has 5 heteroatoms. The van der Waals surface area contributed by atoms with Crippen LogP contribution in [0.2, 0.25) is 0 Å². The van der Waals surface area contributed by atoms with Gasteiger partial charge in [-0.1, -0.05) is 30.3 Å². The number of aromatic nitrogens is 1. The number of ether oxygens (including phenoxy) is 2. The molecular formula is C17H15NO4. The third kappa shape index (κ3) is 2.70. The maximum absolute atomic E-state index is 12.0. The van der Waals surface area contributed by atoms with Crippen molar-refractivity contribution in [3.05, 3.63) is 53.2 Å². The van der Waals surface area contributed by atoms with Crippen LogP contribution < -0.4 is 0 Å².